The third kappa shape index (κ3) is 4.19. The number of benzene rings is 2. The Hall–Kier alpha value is -3.62. The number of carbonyl (C=O) groups is 1. The van der Waals surface area contributed by atoms with Crippen LogP contribution in [0.25, 0.3) is 11.3 Å². The van der Waals surface area contributed by atoms with E-state index in [1.165, 1.54) is 38.3 Å². The van der Waals surface area contributed by atoms with Gasteiger partial charge in [-0.1, -0.05) is 0 Å². The van der Waals surface area contributed by atoms with E-state index >= 15 is 0 Å². The molecule has 3 rings (SSSR count). The van der Waals surface area contributed by atoms with E-state index in [0.717, 1.165) is 12.1 Å². The first-order valence-electron chi connectivity index (χ1n) is 8.94. The first kappa shape index (κ1) is 21.1. The van der Waals surface area contributed by atoms with Crippen molar-refractivity contribution in [1.82, 2.24) is 15.1 Å². The molecule has 30 heavy (non-hydrogen) atoms. The zero-order valence-corrected chi connectivity index (χ0v) is 17.0. The molecule has 0 unspecified atom stereocenters. The SMILES string of the molecule is COc1cc(CNC(=O)c2cn(C)nc2-c2ccc(F)cc2F)cc(OC)c1OC. The molecule has 0 aliphatic carbocycles. The minimum atomic E-state index is -0.799. The summed E-state index contributed by atoms with van der Waals surface area (Å²) in [7, 11) is 6.11. The Bertz CT molecular complexity index is 1060. The van der Waals surface area contributed by atoms with Crippen LogP contribution in [0, 0.1) is 11.6 Å². The third-order valence-electron chi connectivity index (χ3n) is 4.44. The van der Waals surface area contributed by atoms with E-state index in [-0.39, 0.29) is 23.4 Å². The fourth-order valence-corrected chi connectivity index (χ4v) is 3.05. The Morgan fingerprint density at radius 3 is 2.30 bits per heavy atom. The van der Waals surface area contributed by atoms with Crippen LogP contribution in [0.15, 0.2) is 36.5 Å². The second-order valence-corrected chi connectivity index (χ2v) is 6.41. The van der Waals surface area contributed by atoms with Crippen molar-refractivity contribution in [1.29, 1.82) is 0 Å². The molecule has 1 heterocycles. The van der Waals surface area contributed by atoms with Crippen molar-refractivity contribution in [3.8, 4) is 28.5 Å². The Morgan fingerprint density at radius 2 is 1.73 bits per heavy atom. The van der Waals surface area contributed by atoms with Crippen molar-refractivity contribution in [2.24, 2.45) is 7.05 Å². The standard InChI is InChI=1S/C21H21F2N3O4/c1-26-11-15(19(25-26)14-6-5-13(22)9-16(14)23)21(27)24-10-12-7-17(28-2)20(30-4)18(8-12)29-3/h5-9,11H,10H2,1-4H3,(H,24,27). The van der Waals surface area contributed by atoms with E-state index in [1.807, 2.05) is 0 Å². The van der Waals surface area contributed by atoms with Crippen LogP contribution in [0.3, 0.4) is 0 Å². The van der Waals surface area contributed by atoms with Crippen LogP contribution in [0.1, 0.15) is 15.9 Å². The van der Waals surface area contributed by atoms with Gasteiger partial charge in [-0.05, 0) is 29.8 Å². The lowest BCUT2D eigenvalue weighted by molar-refractivity contribution is 0.0951. The molecule has 158 valence electrons. The summed E-state index contributed by atoms with van der Waals surface area (Å²) < 4.78 is 44.8. The number of carbonyl (C=O) groups excluding carboxylic acids is 1. The van der Waals surface area contributed by atoms with E-state index in [4.69, 9.17) is 14.2 Å². The minimum Gasteiger partial charge on any atom is -0.493 e. The molecule has 0 aliphatic rings. The van der Waals surface area contributed by atoms with Gasteiger partial charge in [-0.25, -0.2) is 8.78 Å². The summed E-state index contributed by atoms with van der Waals surface area (Å²) in [6.07, 6.45) is 1.47. The quantitative estimate of drug-likeness (QED) is 0.638. The molecule has 3 aromatic rings. The number of hydrogen-bond donors (Lipinski definition) is 1. The third-order valence-corrected chi connectivity index (χ3v) is 4.44. The normalized spacial score (nSPS) is 10.6. The topological polar surface area (TPSA) is 74.6 Å². The monoisotopic (exact) mass is 417 g/mol. The second-order valence-electron chi connectivity index (χ2n) is 6.41. The van der Waals surface area contributed by atoms with Gasteiger partial charge in [0.25, 0.3) is 5.91 Å². The average molecular weight is 417 g/mol. The van der Waals surface area contributed by atoms with Crippen LogP contribution in [0.2, 0.25) is 0 Å². The van der Waals surface area contributed by atoms with Gasteiger partial charge in [0.05, 0.1) is 26.9 Å². The summed E-state index contributed by atoms with van der Waals surface area (Å²) in [5.41, 5.74) is 1.03. The highest BCUT2D eigenvalue weighted by Gasteiger charge is 2.20. The van der Waals surface area contributed by atoms with E-state index in [0.29, 0.717) is 22.8 Å². The van der Waals surface area contributed by atoms with Gasteiger partial charge in [-0.2, -0.15) is 5.10 Å². The van der Waals surface area contributed by atoms with E-state index in [2.05, 4.69) is 10.4 Å². The Balaban J connectivity index is 1.86. The van der Waals surface area contributed by atoms with E-state index in [1.54, 1.807) is 19.2 Å². The minimum absolute atomic E-state index is 0.0370. The van der Waals surface area contributed by atoms with Gasteiger partial charge < -0.3 is 19.5 Å². The molecule has 2 aromatic carbocycles. The summed E-state index contributed by atoms with van der Waals surface area (Å²) in [6, 6.07) is 6.55. The van der Waals surface area contributed by atoms with Crippen LogP contribution in [0.5, 0.6) is 17.2 Å². The predicted molar refractivity (Wildman–Crippen MR) is 106 cm³/mol. The van der Waals surface area contributed by atoms with Crippen LogP contribution in [-0.4, -0.2) is 37.0 Å². The summed E-state index contributed by atoms with van der Waals surface area (Å²) >= 11 is 0. The van der Waals surface area contributed by atoms with Crippen molar-refractivity contribution in [3.63, 3.8) is 0 Å². The number of nitrogens with one attached hydrogen (secondary N) is 1. The van der Waals surface area contributed by atoms with Gasteiger partial charge in [-0.15, -0.1) is 0 Å². The Labute approximate surface area is 172 Å². The number of amides is 1. The van der Waals surface area contributed by atoms with Gasteiger partial charge in [0.15, 0.2) is 11.5 Å². The van der Waals surface area contributed by atoms with Gasteiger partial charge in [0, 0.05) is 31.4 Å². The van der Waals surface area contributed by atoms with E-state index < -0.39 is 17.5 Å². The van der Waals surface area contributed by atoms with Crippen LogP contribution in [0.4, 0.5) is 8.78 Å². The highest BCUT2D eigenvalue weighted by Crippen LogP contribution is 2.38. The summed E-state index contributed by atoms with van der Waals surface area (Å²) in [6.45, 7) is 0.149. The first-order valence-corrected chi connectivity index (χ1v) is 8.94. The maximum atomic E-state index is 14.2. The molecular formula is C21H21F2N3O4. The van der Waals surface area contributed by atoms with Gasteiger partial charge >= 0.3 is 0 Å². The van der Waals surface area contributed by atoms with Gasteiger partial charge in [0.1, 0.15) is 17.3 Å². The molecule has 0 spiro atoms. The molecule has 0 saturated heterocycles. The highest BCUT2D eigenvalue weighted by atomic mass is 19.1. The molecular weight excluding hydrogens is 396 g/mol. The lowest BCUT2D eigenvalue weighted by Gasteiger charge is -2.14. The number of hydrogen-bond acceptors (Lipinski definition) is 5. The molecule has 0 fully saturated rings. The number of nitrogens with zero attached hydrogens (tertiary/aromatic N) is 2. The van der Waals surface area contributed by atoms with Gasteiger partial charge in [-0.3, -0.25) is 9.48 Å². The maximum absolute atomic E-state index is 14.2. The van der Waals surface area contributed by atoms with Crippen LogP contribution in [-0.2, 0) is 13.6 Å². The zero-order chi connectivity index (χ0) is 21.8. The number of aryl methyl sites for hydroxylation is 1. The first-order chi connectivity index (χ1) is 14.4. The fourth-order valence-electron chi connectivity index (χ4n) is 3.05. The molecule has 0 bridgehead atoms. The largest absolute Gasteiger partial charge is 0.493 e. The van der Waals surface area contributed by atoms with Crippen molar-refractivity contribution in [2.45, 2.75) is 6.54 Å². The van der Waals surface area contributed by atoms with Crippen molar-refractivity contribution < 1.29 is 27.8 Å². The lowest BCUT2D eigenvalue weighted by atomic mass is 10.1. The van der Waals surface area contributed by atoms with Crippen molar-refractivity contribution >= 4 is 5.91 Å². The smallest absolute Gasteiger partial charge is 0.255 e. The van der Waals surface area contributed by atoms with Crippen LogP contribution < -0.4 is 19.5 Å². The average Bonchev–Trinajstić information content (AvgIpc) is 3.12. The maximum Gasteiger partial charge on any atom is 0.255 e. The second kappa shape index (κ2) is 8.81. The molecule has 0 radical (unpaired) electrons. The summed E-state index contributed by atoms with van der Waals surface area (Å²) in [5.74, 6) is -0.618. The molecule has 0 aliphatic heterocycles. The zero-order valence-electron chi connectivity index (χ0n) is 17.0. The number of ether oxygens (including phenoxy) is 3. The number of halogens is 2. The lowest BCUT2D eigenvalue weighted by Crippen LogP contribution is -2.23. The number of methoxy groups -OCH3 is 3. The molecule has 1 N–H and O–H groups in total. The molecule has 0 atom stereocenters. The molecule has 7 nitrogen and oxygen atoms in total. The predicted octanol–water partition coefficient (Wildman–Crippen LogP) is 3.32. The number of aromatic nitrogens is 2. The van der Waals surface area contributed by atoms with Crippen LogP contribution >= 0.6 is 0 Å². The van der Waals surface area contributed by atoms with Crippen molar-refractivity contribution in [3.05, 3.63) is 59.3 Å². The summed E-state index contributed by atoms with van der Waals surface area (Å²) in [4.78, 5) is 12.8. The Morgan fingerprint density at radius 1 is 1.07 bits per heavy atom. The number of rotatable bonds is 7. The van der Waals surface area contributed by atoms with Gasteiger partial charge in [0.2, 0.25) is 5.75 Å². The molecule has 0 saturated carbocycles. The highest BCUT2D eigenvalue weighted by molar-refractivity contribution is 5.99. The Kier molecular flexibility index (Phi) is 6.20. The molecule has 9 heteroatoms. The van der Waals surface area contributed by atoms with Crippen molar-refractivity contribution in [2.75, 3.05) is 21.3 Å². The molecule has 1 amide bonds. The summed E-state index contributed by atoms with van der Waals surface area (Å²) in [5, 5.41) is 6.93. The molecule has 1 aromatic heterocycles. The van der Waals surface area contributed by atoms with E-state index in [9.17, 15) is 13.6 Å². The fraction of sp³-hybridized carbons (Fsp3) is 0.238.